The number of nitrogens with one attached hydrogen (secondary N) is 1. The maximum absolute atomic E-state index is 10.6. The van der Waals surface area contributed by atoms with E-state index in [9.17, 15) is 14.9 Å². The van der Waals surface area contributed by atoms with E-state index in [-0.39, 0.29) is 17.7 Å². The van der Waals surface area contributed by atoms with Crippen LogP contribution in [0, 0.1) is 21.4 Å². The van der Waals surface area contributed by atoms with Crippen LogP contribution in [0.2, 0.25) is 0 Å². The lowest BCUT2D eigenvalue weighted by Gasteiger charge is -2.05. The number of carbonyl (C=O) groups is 1. The maximum Gasteiger partial charge on any atom is 0.303 e. The minimum atomic E-state index is -0.877. The Kier molecular flexibility index (Phi) is 4.63. The number of hydrogen-bond donors (Lipinski definition) is 2. The van der Waals surface area contributed by atoms with Crippen molar-refractivity contribution in [1.29, 1.82) is 5.26 Å². The van der Waals surface area contributed by atoms with E-state index in [1.165, 1.54) is 18.2 Å². The van der Waals surface area contributed by atoms with E-state index >= 15 is 0 Å². The van der Waals surface area contributed by atoms with Crippen LogP contribution in [-0.2, 0) is 4.79 Å². The molecule has 0 spiro atoms. The van der Waals surface area contributed by atoms with Gasteiger partial charge in [0.2, 0.25) is 0 Å². The van der Waals surface area contributed by atoms with Crippen molar-refractivity contribution in [2.75, 3.05) is 11.9 Å². The molecule has 0 aliphatic rings. The molecule has 18 heavy (non-hydrogen) atoms. The highest BCUT2D eigenvalue weighted by molar-refractivity contribution is 5.66. The quantitative estimate of drug-likeness (QED) is 0.450. The molecular formula is C11H11N3O4. The SMILES string of the molecule is N#Cc1cc(NCCCC(=O)O)ccc1[N+](=O)[O-]. The van der Waals surface area contributed by atoms with E-state index in [2.05, 4.69) is 5.32 Å². The fraction of sp³-hybridized carbons (Fsp3) is 0.273. The number of nitrogens with zero attached hydrogens (tertiary/aromatic N) is 2. The van der Waals surface area contributed by atoms with Crippen molar-refractivity contribution in [3.8, 4) is 6.07 Å². The van der Waals surface area contributed by atoms with Gasteiger partial charge in [-0.05, 0) is 18.6 Å². The first-order valence-corrected chi connectivity index (χ1v) is 5.19. The molecule has 94 valence electrons. The molecule has 0 fully saturated rings. The first-order valence-electron chi connectivity index (χ1n) is 5.19. The van der Waals surface area contributed by atoms with Gasteiger partial charge in [0, 0.05) is 24.7 Å². The topological polar surface area (TPSA) is 116 Å². The Bertz CT molecular complexity index is 508. The van der Waals surface area contributed by atoms with E-state index in [1.807, 2.05) is 0 Å². The fourth-order valence-electron chi connectivity index (χ4n) is 1.37. The average Bonchev–Trinajstić information content (AvgIpc) is 2.33. The molecule has 7 nitrogen and oxygen atoms in total. The zero-order valence-electron chi connectivity index (χ0n) is 9.42. The summed E-state index contributed by atoms with van der Waals surface area (Å²) in [7, 11) is 0. The van der Waals surface area contributed by atoms with Gasteiger partial charge < -0.3 is 10.4 Å². The smallest absolute Gasteiger partial charge is 0.303 e. The molecular weight excluding hydrogens is 238 g/mol. The number of anilines is 1. The van der Waals surface area contributed by atoms with Crippen LogP contribution in [0.1, 0.15) is 18.4 Å². The standard InChI is InChI=1S/C11H11N3O4/c12-7-8-6-9(3-4-10(8)14(17)18)13-5-1-2-11(15)16/h3-4,6,13H,1-2,5H2,(H,15,16). The number of nitro groups is 1. The van der Waals surface area contributed by atoms with Gasteiger partial charge in [0.25, 0.3) is 5.69 Å². The molecule has 0 aliphatic carbocycles. The molecule has 0 atom stereocenters. The summed E-state index contributed by atoms with van der Waals surface area (Å²) < 4.78 is 0. The first kappa shape index (κ1) is 13.4. The Morgan fingerprint density at radius 3 is 2.83 bits per heavy atom. The fourth-order valence-corrected chi connectivity index (χ4v) is 1.37. The van der Waals surface area contributed by atoms with Crippen LogP contribution < -0.4 is 5.32 Å². The number of carboxylic acids is 1. The van der Waals surface area contributed by atoms with Gasteiger partial charge >= 0.3 is 5.97 Å². The molecule has 0 aromatic heterocycles. The third kappa shape index (κ3) is 3.75. The molecule has 0 unspecified atom stereocenters. The van der Waals surface area contributed by atoms with Crippen molar-refractivity contribution >= 4 is 17.3 Å². The van der Waals surface area contributed by atoms with Crippen molar-refractivity contribution in [2.24, 2.45) is 0 Å². The maximum atomic E-state index is 10.6. The molecule has 0 bridgehead atoms. The van der Waals surface area contributed by atoms with E-state index in [0.29, 0.717) is 18.7 Å². The summed E-state index contributed by atoms with van der Waals surface area (Å²) in [4.78, 5) is 20.3. The summed E-state index contributed by atoms with van der Waals surface area (Å²) in [5.41, 5.74) is 0.291. The predicted octanol–water partition coefficient (Wildman–Crippen LogP) is 1.74. The zero-order valence-corrected chi connectivity index (χ0v) is 9.42. The van der Waals surface area contributed by atoms with Gasteiger partial charge in [0.05, 0.1) is 4.92 Å². The summed E-state index contributed by atoms with van der Waals surface area (Å²) in [6.45, 7) is 0.426. The third-order valence-electron chi connectivity index (χ3n) is 2.21. The molecule has 0 radical (unpaired) electrons. The summed E-state index contributed by atoms with van der Waals surface area (Å²) >= 11 is 0. The number of aliphatic carboxylic acids is 1. The number of carboxylic acid groups (broad SMARTS) is 1. The van der Waals surface area contributed by atoms with Crippen molar-refractivity contribution < 1.29 is 14.8 Å². The molecule has 7 heteroatoms. The van der Waals surface area contributed by atoms with Crippen LogP contribution in [0.15, 0.2) is 18.2 Å². The largest absolute Gasteiger partial charge is 0.481 e. The number of benzene rings is 1. The number of nitro benzene ring substituents is 1. The van der Waals surface area contributed by atoms with Gasteiger partial charge in [-0.15, -0.1) is 0 Å². The normalized spacial score (nSPS) is 9.50. The zero-order chi connectivity index (χ0) is 13.5. The van der Waals surface area contributed by atoms with Crippen LogP contribution in [-0.4, -0.2) is 22.5 Å². The number of nitriles is 1. The molecule has 2 N–H and O–H groups in total. The third-order valence-corrected chi connectivity index (χ3v) is 2.21. The monoisotopic (exact) mass is 249 g/mol. The number of rotatable bonds is 6. The Morgan fingerprint density at radius 2 is 2.28 bits per heavy atom. The van der Waals surface area contributed by atoms with E-state index < -0.39 is 10.9 Å². The van der Waals surface area contributed by atoms with Gasteiger partial charge in [0.1, 0.15) is 11.6 Å². The van der Waals surface area contributed by atoms with Gasteiger partial charge in [0.15, 0.2) is 0 Å². The second-order valence-electron chi connectivity index (χ2n) is 3.52. The lowest BCUT2D eigenvalue weighted by atomic mass is 10.1. The van der Waals surface area contributed by atoms with Crippen LogP contribution in [0.3, 0.4) is 0 Å². The van der Waals surface area contributed by atoms with Crippen molar-refractivity contribution in [3.63, 3.8) is 0 Å². The molecule has 0 saturated heterocycles. The first-order chi connectivity index (χ1) is 8.54. The van der Waals surface area contributed by atoms with E-state index in [0.717, 1.165) is 0 Å². The Labute approximate surface area is 103 Å². The van der Waals surface area contributed by atoms with Gasteiger partial charge in [-0.3, -0.25) is 14.9 Å². The minimum Gasteiger partial charge on any atom is -0.481 e. The average molecular weight is 249 g/mol. The summed E-state index contributed by atoms with van der Waals surface area (Å²) in [6, 6.07) is 5.86. The molecule has 0 saturated carbocycles. The summed E-state index contributed by atoms with van der Waals surface area (Å²) in [5.74, 6) is -0.877. The van der Waals surface area contributed by atoms with Crippen molar-refractivity contribution in [2.45, 2.75) is 12.8 Å². The minimum absolute atomic E-state index is 0.0248. The Balaban J connectivity index is 2.66. The van der Waals surface area contributed by atoms with Gasteiger partial charge in [-0.1, -0.05) is 0 Å². The lowest BCUT2D eigenvalue weighted by Crippen LogP contribution is -2.05. The summed E-state index contributed by atoms with van der Waals surface area (Å²) in [6.07, 6.45) is 0.485. The second kappa shape index (κ2) is 6.20. The Morgan fingerprint density at radius 1 is 1.56 bits per heavy atom. The predicted molar refractivity (Wildman–Crippen MR) is 63.2 cm³/mol. The highest BCUT2D eigenvalue weighted by Crippen LogP contribution is 2.21. The molecule has 0 amide bonds. The molecule has 1 rings (SSSR count). The Hall–Kier alpha value is -2.62. The van der Waals surface area contributed by atoms with Crippen molar-refractivity contribution in [3.05, 3.63) is 33.9 Å². The van der Waals surface area contributed by atoms with Crippen LogP contribution >= 0.6 is 0 Å². The number of hydrogen-bond acceptors (Lipinski definition) is 5. The highest BCUT2D eigenvalue weighted by Gasteiger charge is 2.13. The lowest BCUT2D eigenvalue weighted by molar-refractivity contribution is -0.385. The van der Waals surface area contributed by atoms with Gasteiger partial charge in [-0.2, -0.15) is 5.26 Å². The van der Waals surface area contributed by atoms with Crippen LogP contribution in [0.5, 0.6) is 0 Å². The van der Waals surface area contributed by atoms with Crippen molar-refractivity contribution in [1.82, 2.24) is 0 Å². The highest BCUT2D eigenvalue weighted by atomic mass is 16.6. The molecule has 0 aliphatic heterocycles. The van der Waals surface area contributed by atoms with Gasteiger partial charge in [-0.25, -0.2) is 0 Å². The van der Waals surface area contributed by atoms with Crippen LogP contribution in [0.25, 0.3) is 0 Å². The molecule has 1 aromatic carbocycles. The molecule has 1 aromatic rings. The van der Waals surface area contributed by atoms with E-state index in [4.69, 9.17) is 10.4 Å². The van der Waals surface area contributed by atoms with E-state index in [1.54, 1.807) is 6.07 Å². The second-order valence-corrected chi connectivity index (χ2v) is 3.52. The van der Waals surface area contributed by atoms with Crippen LogP contribution in [0.4, 0.5) is 11.4 Å². The molecule has 0 heterocycles. The summed E-state index contributed by atoms with van der Waals surface area (Å²) in [5, 5.41) is 30.7.